The number of hydrogen-bond acceptors (Lipinski definition) is 6. The van der Waals surface area contributed by atoms with Crippen LogP contribution in [0.15, 0.2) is 30.6 Å². The maximum Gasteiger partial charge on any atom is 0.239 e. The first kappa shape index (κ1) is 13.2. The topological polar surface area (TPSA) is 80.0 Å². The maximum absolute atomic E-state index is 5.36. The van der Waals surface area contributed by atoms with Crippen molar-refractivity contribution in [3.63, 3.8) is 0 Å². The molecular weight excluding hydrogens is 240 g/mol. The van der Waals surface area contributed by atoms with Crippen LogP contribution in [0, 0.1) is 6.92 Å². The molecule has 0 aromatic carbocycles. The Morgan fingerprint density at radius 3 is 2.79 bits per heavy atom. The van der Waals surface area contributed by atoms with Crippen molar-refractivity contribution in [2.75, 3.05) is 16.9 Å². The van der Waals surface area contributed by atoms with Crippen LogP contribution in [0.1, 0.15) is 18.2 Å². The van der Waals surface area contributed by atoms with E-state index < -0.39 is 0 Å². The Morgan fingerprint density at radius 2 is 2.16 bits per heavy atom. The van der Waals surface area contributed by atoms with E-state index in [0.29, 0.717) is 12.5 Å². The van der Waals surface area contributed by atoms with E-state index in [1.165, 1.54) is 0 Å². The molecule has 100 valence electrons. The number of nitrogens with two attached hydrogens (primary N) is 1. The Balaban J connectivity index is 2.26. The molecule has 2 rings (SSSR count). The third kappa shape index (κ3) is 3.17. The number of hydrogen-bond donors (Lipinski definition) is 2. The first-order valence-electron chi connectivity index (χ1n) is 6.19. The highest BCUT2D eigenvalue weighted by molar-refractivity contribution is 5.48. The lowest BCUT2D eigenvalue weighted by molar-refractivity contribution is 0.786. The fourth-order valence-corrected chi connectivity index (χ4v) is 1.85. The maximum atomic E-state index is 5.36. The predicted octanol–water partition coefficient (Wildman–Crippen LogP) is 1.49. The number of hydrazine groups is 1. The van der Waals surface area contributed by atoms with E-state index in [1.807, 2.05) is 25.1 Å². The predicted molar refractivity (Wildman–Crippen MR) is 75.5 cm³/mol. The summed E-state index contributed by atoms with van der Waals surface area (Å²) < 4.78 is 0. The van der Waals surface area contributed by atoms with Gasteiger partial charge in [0.15, 0.2) is 0 Å². The summed E-state index contributed by atoms with van der Waals surface area (Å²) in [6.07, 6.45) is 3.56. The highest BCUT2D eigenvalue weighted by atomic mass is 15.3. The van der Waals surface area contributed by atoms with E-state index in [4.69, 9.17) is 5.84 Å². The first-order chi connectivity index (χ1) is 9.24. The van der Waals surface area contributed by atoms with Crippen molar-refractivity contribution in [2.24, 2.45) is 5.84 Å². The monoisotopic (exact) mass is 258 g/mol. The van der Waals surface area contributed by atoms with Crippen LogP contribution >= 0.6 is 0 Å². The summed E-state index contributed by atoms with van der Waals surface area (Å²) in [5, 5.41) is 0. The molecule has 0 spiro atoms. The number of aryl methyl sites for hydroxylation is 1. The molecule has 0 atom stereocenters. The van der Waals surface area contributed by atoms with Crippen LogP contribution < -0.4 is 16.2 Å². The number of nitrogen functional groups attached to an aromatic ring is 1. The lowest BCUT2D eigenvalue weighted by Crippen LogP contribution is -2.25. The third-order valence-electron chi connectivity index (χ3n) is 2.83. The van der Waals surface area contributed by atoms with Crippen LogP contribution in [0.2, 0.25) is 0 Å². The smallest absolute Gasteiger partial charge is 0.239 e. The summed E-state index contributed by atoms with van der Waals surface area (Å²) in [6.45, 7) is 5.61. The van der Waals surface area contributed by atoms with Gasteiger partial charge in [0.25, 0.3) is 0 Å². The molecule has 2 aromatic rings. The summed E-state index contributed by atoms with van der Waals surface area (Å²) >= 11 is 0. The lowest BCUT2D eigenvalue weighted by atomic mass is 10.3. The number of pyridine rings is 1. The Hall–Kier alpha value is -2.21. The van der Waals surface area contributed by atoms with Crippen LogP contribution in [-0.2, 0) is 6.54 Å². The molecule has 0 bridgehead atoms. The van der Waals surface area contributed by atoms with Crippen molar-refractivity contribution in [1.29, 1.82) is 0 Å². The molecule has 6 heteroatoms. The van der Waals surface area contributed by atoms with Crippen molar-refractivity contribution < 1.29 is 0 Å². The highest BCUT2D eigenvalue weighted by Gasteiger charge is 2.11. The molecule has 0 saturated heterocycles. The average molecular weight is 258 g/mol. The van der Waals surface area contributed by atoms with Gasteiger partial charge in [-0.1, -0.05) is 6.07 Å². The lowest BCUT2D eigenvalue weighted by Gasteiger charge is -2.23. The molecule has 0 aliphatic rings. The largest absolute Gasteiger partial charge is 0.351 e. The third-order valence-corrected chi connectivity index (χ3v) is 2.83. The second-order valence-corrected chi connectivity index (χ2v) is 4.18. The molecule has 3 N–H and O–H groups in total. The summed E-state index contributed by atoms with van der Waals surface area (Å²) in [7, 11) is 0. The number of nitrogens with one attached hydrogen (secondary N) is 1. The summed E-state index contributed by atoms with van der Waals surface area (Å²) in [5.74, 6) is 6.65. The standard InChI is InChI=1S/C13H18N6/c1-3-19(9-11-6-4-5-7-15-11)12-10(2)8-16-13(17-12)18-14/h4-8H,3,9,14H2,1-2H3,(H,16,17,18). The molecule has 0 radical (unpaired) electrons. The van der Waals surface area contributed by atoms with Gasteiger partial charge in [-0.15, -0.1) is 0 Å². The van der Waals surface area contributed by atoms with Gasteiger partial charge in [-0.2, -0.15) is 4.98 Å². The number of anilines is 2. The van der Waals surface area contributed by atoms with Crippen LogP contribution in [0.3, 0.4) is 0 Å². The molecule has 0 fully saturated rings. The molecule has 0 unspecified atom stereocenters. The van der Waals surface area contributed by atoms with Gasteiger partial charge in [0.05, 0.1) is 12.2 Å². The van der Waals surface area contributed by atoms with Gasteiger partial charge in [-0.05, 0) is 26.0 Å². The Bertz CT molecular complexity index is 528. The molecular formula is C13H18N6. The van der Waals surface area contributed by atoms with Gasteiger partial charge < -0.3 is 4.90 Å². The van der Waals surface area contributed by atoms with Crippen LogP contribution in [-0.4, -0.2) is 21.5 Å². The molecule has 0 aliphatic heterocycles. The average Bonchev–Trinajstić information content (AvgIpc) is 2.47. The molecule has 0 saturated carbocycles. The van der Waals surface area contributed by atoms with Crippen molar-refractivity contribution >= 4 is 11.8 Å². The van der Waals surface area contributed by atoms with Crippen LogP contribution in [0.4, 0.5) is 11.8 Å². The number of nitrogens with zero attached hydrogens (tertiary/aromatic N) is 4. The second kappa shape index (κ2) is 6.10. The van der Waals surface area contributed by atoms with Crippen molar-refractivity contribution in [1.82, 2.24) is 15.0 Å². The van der Waals surface area contributed by atoms with E-state index in [1.54, 1.807) is 12.4 Å². The van der Waals surface area contributed by atoms with Gasteiger partial charge in [0.1, 0.15) is 5.82 Å². The minimum atomic E-state index is 0.417. The van der Waals surface area contributed by atoms with Gasteiger partial charge in [-0.3, -0.25) is 10.4 Å². The Morgan fingerprint density at radius 1 is 1.32 bits per heavy atom. The van der Waals surface area contributed by atoms with Crippen molar-refractivity contribution in [3.8, 4) is 0 Å². The molecule has 2 heterocycles. The molecule has 19 heavy (non-hydrogen) atoms. The molecule has 0 amide bonds. The van der Waals surface area contributed by atoms with Gasteiger partial charge >= 0.3 is 0 Å². The van der Waals surface area contributed by atoms with Gasteiger partial charge in [-0.25, -0.2) is 10.8 Å². The van der Waals surface area contributed by atoms with Crippen LogP contribution in [0.25, 0.3) is 0 Å². The van der Waals surface area contributed by atoms with Gasteiger partial charge in [0.2, 0.25) is 5.95 Å². The van der Waals surface area contributed by atoms with E-state index in [9.17, 15) is 0 Å². The number of rotatable bonds is 5. The van der Waals surface area contributed by atoms with Crippen molar-refractivity contribution in [2.45, 2.75) is 20.4 Å². The van der Waals surface area contributed by atoms with Crippen LogP contribution in [0.5, 0.6) is 0 Å². The number of aromatic nitrogens is 3. The molecule has 2 aromatic heterocycles. The quantitative estimate of drug-likeness (QED) is 0.625. The minimum Gasteiger partial charge on any atom is -0.351 e. The SMILES string of the molecule is CCN(Cc1ccccn1)c1nc(NN)ncc1C. The minimum absolute atomic E-state index is 0.417. The normalized spacial score (nSPS) is 10.3. The zero-order valence-electron chi connectivity index (χ0n) is 11.2. The fraction of sp³-hybridized carbons (Fsp3) is 0.308. The fourth-order valence-electron chi connectivity index (χ4n) is 1.85. The van der Waals surface area contributed by atoms with Gasteiger partial charge in [0, 0.05) is 24.5 Å². The summed E-state index contributed by atoms with van der Waals surface area (Å²) in [6, 6.07) is 5.89. The molecule has 6 nitrogen and oxygen atoms in total. The Labute approximate surface area is 112 Å². The van der Waals surface area contributed by atoms with E-state index in [2.05, 4.69) is 32.2 Å². The van der Waals surface area contributed by atoms with E-state index in [-0.39, 0.29) is 0 Å². The Kier molecular flexibility index (Phi) is 4.25. The second-order valence-electron chi connectivity index (χ2n) is 4.18. The molecule has 0 aliphatic carbocycles. The van der Waals surface area contributed by atoms with E-state index >= 15 is 0 Å². The first-order valence-corrected chi connectivity index (χ1v) is 6.19. The zero-order chi connectivity index (χ0) is 13.7. The summed E-state index contributed by atoms with van der Waals surface area (Å²) in [4.78, 5) is 15.0. The van der Waals surface area contributed by atoms with E-state index in [0.717, 1.165) is 23.6 Å². The zero-order valence-corrected chi connectivity index (χ0v) is 11.2. The van der Waals surface area contributed by atoms with Crippen molar-refractivity contribution in [3.05, 3.63) is 41.9 Å². The highest BCUT2D eigenvalue weighted by Crippen LogP contribution is 2.19. The summed E-state index contributed by atoms with van der Waals surface area (Å²) in [5.41, 5.74) is 4.49.